The second kappa shape index (κ2) is 11.3. The summed E-state index contributed by atoms with van der Waals surface area (Å²) < 4.78 is 12.0. The maximum absolute atomic E-state index is 13.2. The Morgan fingerprint density at radius 1 is 0.818 bits per heavy atom. The number of benzene rings is 3. The van der Waals surface area contributed by atoms with Crippen LogP contribution in [-0.2, 0) is 13.2 Å². The summed E-state index contributed by atoms with van der Waals surface area (Å²) >= 11 is 0. The van der Waals surface area contributed by atoms with Crippen LogP contribution in [0, 0.1) is 0 Å². The molecule has 0 unspecified atom stereocenters. The molecule has 1 saturated carbocycles. The number of amides is 1. The minimum absolute atomic E-state index is 0.155. The van der Waals surface area contributed by atoms with Gasteiger partial charge in [-0.2, -0.15) is 0 Å². The Morgan fingerprint density at radius 2 is 1.39 bits per heavy atom. The average Bonchev–Trinajstić information content (AvgIpc) is 2.87. The summed E-state index contributed by atoms with van der Waals surface area (Å²) in [6, 6.07) is 22.9. The van der Waals surface area contributed by atoms with Crippen molar-refractivity contribution in [1.29, 1.82) is 0 Å². The summed E-state index contributed by atoms with van der Waals surface area (Å²) in [6.07, 6.45) is 6.12. The molecule has 0 bridgehead atoms. The van der Waals surface area contributed by atoms with E-state index in [1.807, 2.05) is 60.7 Å². The first-order valence-electron chi connectivity index (χ1n) is 11.5. The molecule has 5 nitrogen and oxygen atoms in total. The zero-order chi connectivity index (χ0) is 22.9. The van der Waals surface area contributed by atoms with Gasteiger partial charge >= 0.3 is 0 Å². The Kier molecular flexibility index (Phi) is 7.75. The smallest absolute Gasteiger partial charge is 0.255 e. The van der Waals surface area contributed by atoms with Crippen LogP contribution < -0.4 is 14.8 Å². The lowest BCUT2D eigenvalue weighted by Crippen LogP contribution is -2.36. The van der Waals surface area contributed by atoms with Crippen LogP contribution in [0.15, 0.2) is 72.8 Å². The van der Waals surface area contributed by atoms with Crippen molar-refractivity contribution in [2.45, 2.75) is 51.4 Å². The van der Waals surface area contributed by atoms with E-state index in [1.54, 1.807) is 12.1 Å². The fourth-order valence-electron chi connectivity index (χ4n) is 4.07. The summed E-state index contributed by atoms with van der Waals surface area (Å²) in [5, 5.41) is 3.13. The van der Waals surface area contributed by atoms with Gasteiger partial charge in [-0.25, -0.2) is 0 Å². The number of aldehydes is 1. The monoisotopic (exact) mass is 443 g/mol. The number of nitrogens with one attached hydrogen (secondary N) is 1. The lowest BCUT2D eigenvalue weighted by molar-refractivity contribution is 0.0923. The summed E-state index contributed by atoms with van der Waals surface area (Å²) in [5.41, 5.74) is 2.65. The molecule has 5 heteroatoms. The van der Waals surface area contributed by atoms with E-state index in [0.29, 0.717) is 35.8 Å². The number of rotatable bonds is 9. The van der Waals surface area contributed by atoms with Gasteiger partial charge in [0.05, 0.1) is 11.1 Å². The van der Waals surface area contributed by atoms with E-state index >= 15 is 0 Å². The number of carbonyl (C=O) groups is 2. The summed E-state index contributed by atoms with van der Waals surface area (Å²) in [6.45, 7) is 0.622. The van der Waals surface area contributed by atoms with Gasteiger partial charge < -0.3 is 14.8 Å². The lowest BCUT2D eigenvalue weighted by atomic mass is 9.95. The highest BCUT2D eigenvalue weighted by atomic mass is 16.5. The molecule has 3 aromatic carbocycles. The van der Waals surface area contributed by atoms with Gasteiger partial charge in [0.25, 0.3) is 5.91 Å². The van der Waals surface area contributed by atoms with Crippen LogP contribution in [0.5, 0.6) is 11.5 Å². The Labute approximate surface area is 194 Å². The Bertz CT molecular complexity index is 1060. The van der Waals surface area contributed by atoms with Crippen molar-refractivity contribution in [3.8, 4) is 11.5 Å². The van der Waals surface area contributed by atoms with E-state index in [-0.39, 0.29) is 11.9 Å². The topological polar surface area (TPSA) is 64.6 Å². The fraction of sp³-hybridized carbons (Fsp3) is 0.286. The molecule has 1 aliphatic rings. The van der Waals surface area contributed by atoms with Crippen LogP contribution in [-0.4, -0.2) is 18.2 Å². The first kappa shape index (κ1) is 22.6. The molecule has 1 fully saturated rings. The highest BCUT2D eigenvalue weighted by Gasteiger charge is 2.22. The summed E-state index contributed by atoms with van der Waals surface area (Å²) in [7, 11) is 0. The minimum atomic E-state index is -0.220. The predicted octanol–water partition coefficient (Wildman–Crippen LogP) is 5.72. The van der Waals surface area contributed by atoms with E-state index in [2.05, 4.69) is 5.32 Å². The van der Waals surface area contributed by atoms with Gasteiger partial charge in [0.1, 0.15) is 24.7 Å². The SMILES string of the molecule is O=Cc1cc(C(=O)NC2CCCCC2)c(OCc2ccccc2)cc1OCc1ccccc1. The standard InChI is InChI=1S/C28H29NO4/c30-18-23-16-25(28(31)29-24-14-8-3-9-15-24)27(33-20-22-12-6-2-7-13-22)17-26(23)32-19-21-10-4-1-5-11-21/h1-2,4-7,10-13,16-18,24H,3,8-9,14-15,19-20H2,(H,29,31). The molecule has 4 rings (SSSR count). The van der Waals surface area contributed by atoms with Crippen molar-refractivity contribution in [1.82, 2.24) is 5.32 Å². The molecule has 3 aromatic rings. The van der Waals surface area contributed by atoms with Gasteiger partial charge in [-0.1, -0.05) is 79.9 Å². The second-order valence-electron chi connectivity index (χ2n) is 8.36. The molecule has 33 heavy (non-hydrogen) atoms. The van der Waals surface area contributed by atoms with Gasteiger partial charge in [-0.05, 0) is 30.0 Å². The van der Waals surface area contributed by atoms with Gasteiger partial charge in [0, 0.05) is 12.1 Å². The third-order valence-corrected chi connectivity index (χ3v) is 5.90. The van der Waals surface area contributed by atoms with E-state index in [1.165, 1.54) is 6.42 Å². The molecule has 0 saturated heterocycles. The second-order valence-corrected chi connectivity index (χ2v) is 8.36. The quantitative estimate of drug-likeness (QED) is 0.430. The highest BCUT2D eigenvalue weighted by Crippen LogP contribution is 2.31. The van der Waals surface area contributed by atoms with Crippen LogP contribution in [0.4, 0.5) is 0 Å². The molecule has 0 spiro atoms. The molecular weight excluding hydrogens is 414 g/mol. The molecule has 1 N–H and O–H groups in total. The Morgan fingerprint density at radius 3 is 1.97 bits per heavy atom. The molecular formula is C28H29NO4. The third kappa shape index (κ3) is 6.22. The molecule has 0 aliphatic heterocycles. The number of hydrogen-bond acceptors (Lipinski definition) is 4. The van der Waals surface area contributed by atoms with E-state index < -0.39 is 0 Å². The average molecular weight is 444 g/mol. The Balaban J connectivity index is 1.59. The lowest BCUT2D eigenvalue weighted by Gasteiger charge is -2.23. The molecule has 0 atom stereocenters. The summed E-state index contributed by atoms with van der Waals surface area (Å²) in [5.74, 6) is 0.578. The maximum atomic E-state index is 13.2. The number of carbonyl (C=O) groups excluding carboxylic acids is 2. The van der Waals surface area contributed by atoms with Crippen LogP contribution in [0.1, 0.15) is 63.9 Å². The zero-order valence-corrected chi connectivity index (χ0v) is 18.7. The number of hydrogen-bond donors (Lipinski definition) is 1. The maximum Gasteiger partial charge on any atom is 0.255 e. The highest BCUT2D eigenvalue weighted by molar-refractivity contribution is 5.99. The molecule has 1 aliphatic carbocycles. The van der Waals surface area contributed by atoms with Gasteiger partial charge in [0.15, 0.2) is 6.29 Å². The molecule has 170 valence electrons. The molecule has 0 heterocycles. The van der Waals surface area contributed by atoms with Crippen molar-refractivity contribution in [2.24, 2.45) is 0 Å². The van der Waals surface area contributed by atoms with Crippen molar-refractivity contribution in [2.75, 3.05) is 0 Å². The summed E-state index contributed by atoms with van der Waals surface area (Å²) in [4.78, 5) is 25.0. The largest absolute Gasteiger partial charge is 0.488 e. The first-order chi connectivity index (χ1) is 16.2. The third-order valence-electron chi connectivity index (χ3n) is 5.90. The van der Waals surface area contributed by atoms with Crippen molar-refractivity contribution in [3.63, 3.8) is 0 Å². The minimum Gasteiger partial charge on any atom is -0.488 e. The van der Waals surface area contributed by atoms with Crippen LogP contribution >= 0.6 is 0 Å². The number of ether oxygens (including phenoxy) is 2. The molecule has 0 radical (unpaired) electrons. The normalized spacial score (nSPS) is 13.8. The van der Waals surface area contributed by atoms with E-state index in [4.69, 9.17) is 9.47 Å². The van der Waals surface area contributed by atoms with Crippen molar-refractivity contribution < 1.29 is 19.1 Å². The van der Waals surface area contributed by atoms with Crippen LogP contribution in [0.3, 0.4) is 0 Å². The van der Waals surface area contributed by atoms with Gasteiger partial charge in [-0.3, -0.25) is 9.59 Å². The van der Waals surface area contributed by atoms with Crippen molar-refractivity contribution >= 4 is 12.2 Å². The van der Waals surface area contributed by atoms with E-state index in [9.17, 15) is 9.59 Å². The van der Waals surface area contributed by atoms with Crippen molar-refractivity contribution in [3.05, 3.63) is 95.1 Å². The zero-order valence-electron chi connectivity index (χ0n) is 18.7. The fourth-order valence-corrected chi connectivity index (χ4v) is 4.07. The van der Waals surface area contributed by atoms with Gasteiger partial charge in [0.2, 0.25) is 0 Å². The van der Waals surface area contributed by atoms with Crippen LogP contribution in [0.25, 0.3) is 0 Å². The molecule has 0 aromatic heterocycles. The van der Waals surface area contributed by atoms with Crippen LogP contribution in [0.2, 0.25) is 0 Å². The first-order valence-corrected chi connectivity index (χ1v) is 11.5. The Hall–Kier alpha value is -3.60. The predicted molar refractivity (Wildman–Crippen MR) is 128 cm³/mol. The molecule has 1 amide bonds. The van der Waals surface area contributed by atoms with Gasteiger partial charge in [-0.15, -0.1) is 0 Å². The van der Waals surface area contributed by atoms with E-state index in [0.717, 1.165) is 43.1 Å².